The molecule has 2 aromatic rings. The molecule has 88 valence electrons. The number of hydrogen-bond donors (Lipinski definition) is 1. The molecular weight excluding hydrogens is 226 g/mol. The molecule has 0 saturated carbocycles. The first-order valence-corrected chi connectivity index (χ1v) is 5.41. The highest BCUT2D eigenvalue weighted by Crippen LogP contribution is 2.22. The molecule has 0 aliphatic heterocycles. The molecule has 0 aliphatic carbocycles. The molecule has 0 bridgehead atoms. The van der Waals surface area contributed by atoms with Crippen LogP contribution in [0.15, 0.2) is 30.6 Å². The number of nitrogens with two attached hydrogens (primary N) is 1. The van der Waals surface area contributed by atoms with Gasteiger partial charge < -0.3 is 5.73 Å². The number of benzene rings is 1. The fourth-order valence-corrected chi connectivity index (χ4v) is 1.81. The average molecular weight is 237 g/mol. The van der Waals surface area contributed by atoms with E-state index >= 15 is 0 Å². The zero-order valence-electron chi connectivity index (χ0n) is 9.83. The third-order valence-electron chi connectivity index (χ3n) is 2.67. The van der Waals surface area contributed by atoms with Gasteiger partial charge in [0, 0.05) is 6.04 Å². The van der Waals surface area contributed by atoms with Crippen molar-refractivity contribution < 1.29 is 0 Å². The lowest BCUT2D eigenvalue weighted by molar-refractivity contribution is 0.802. The molecule has 0 aliphatic rings. The Balaban J connectivity index is 2.68. The van der Waals surface area contributed by atoms with Gasteiger partial charge in [-0.15, -0.1) is 0 Å². The highest BCUT2D eigenvalue weighted by molar-refractivity contribution is 5.49. The average Bonchev–Trinajstić information content (AvgIpc) is 2.81. The zero-order chi connectivity index (χ0) is 13.1. The summed E-state index contributed by atoms with van der Waals surface area (Å²) in [5, 5.41) is 18.0. The summed E-state index contributed by atoms with van der Waals surface area (Å²) in [5.74, 6) is 0. The van der Waals surface area contributed by atoms with Crippen LogP contribution in [0.3, 0.4) is 0 Å². The minimum Gasteiger partial charge on any atom is -0.324 e. The van der Waals surface area contributed by atoms with Gasteiger partial charge >= 0.3 is 0 Å². The van der Waals surface area contributed by atoms with Gasteiger partial charge in [0.1, 0.15) is 18.5 Å². The van der Waals surface area contributed by atoms with E-state index in [1.807, 2.05) is 43.3 Å². The summed E-state index contributed by atoms with van der Waals surface area (Å²) < 4.78 is 1.59. The van der Waals surface area contributed by atoms with Crippen LogP contribution in [0.25, 0.3) is 5.69 Å². The largest absolute Gasteiger partial charge is 0.324 e. The lowest BCUT2D eigenvalue weighted by Crippen LogP contribution is -2.10. The van der Waals surface area contributed by atoms with Crippen molar-refractivity contribution in [2.45, 2.75) is 13.0 Å². The molecule has 2 rings (SSSR count). The van der Waals surface area contributed by atoms with Crippen LogP contribution in [-0.4, -0.2) is 9.55 Å². The van der Waals surface area contributed by atoms with Crippen molar-refractivity contribution in [2.75, 3.05) is 0 Å². The number of nitrogens with zero attached hydrogens (tertiary/aromatic N) is 4. The van der Waals surface area contributed by atoms with E-state index in [0.29, 0.717) is 0 Å². The Morgan fingerprint density at radius 1 is 1.28 bits per heavy atom. The first-order chi connectivity index (χ1) is 8.69. The third kappa shape index (κ3) is 1.84. The Bertz CT molecular complexity index is 655. The van der Waals surface area contributed by atoms with Crippen LogP contribution >= 0.6 is 0 Å². The first-order valence-electron chi connectivity index (χ1n) is 5.41. The second-order valence-corrected chi connectivity index (χ2v) is 3.88. The molecule has 0 radical (unpaired) electrons. The highest BCUT2D eigenvalue weighted by atomic mass is 15.1. The van der Waals surface area contributed by atoms with Crippen LogP contribution in [0.5, 0.6) is 0 Å². The molecule has 0 spiro atoms. The zero-order valence-corrected chi connectivity index (χ0v) is 9.83. The number of para-hydroxylation sites is 1. The summed E-state index contributed by atoms with van der Waals surface area (Å²) in [6.07, 6.45) is 1.47. The van der Waals surface area contributed by atoms with Crippen molar-refractivity contribution in [2.24, 2.45) is 5.73 Å². The summed E-state index contributed by atoms with van der Waals surface area (Å²) in [7, 11) is 0. The van der Waals surface area contributed by atoms with E-state index in [0.717, 1.165) is 11.3 Å². The maximum absolute atomic E-state index is 9.12. The fraction of sp³-hybridized carbons (Fsp3) is 0.154. The molecule has 0 fully saturated rings. The van der Waals surface area contributed by atoms with Crippen molar-refractivity contribution in [1.29, 1.82) is 10.5 Å². The van der Waals surface area contributed by atoms with E-state index < -0.39 is 0 Å². The van der Waals surface area contributed by atoms with E-state index in [1.165, 1.54) is 6.33 Å². The summed E-state index contributed by atoms with van der Waals surface area (Å²) >= 11 is 0. The lowest BCUT2D eigenvalue weighted by Gasteiger charge is -2.13. The number of rotatable bonds is 2. The number of aromatic nitrogens is 2. The molecular formula is C13H11N5. The second kappa shape index (κ2) is 4.70. The monoisotopic (exact) mass is 237 g/mol. The lowest BCUT2D eigenvalue weighted by atomic mass is 10.1. The van der Waals surface area contributed by atoms with E-state index in [4.69, 9.17) is 16.3 Å². The SMILES string of the molecule is C[C@@H](N)c1ccccc1-n1cnc(C#N)c1C#N. The van der Waals surface area contributed by atoms with Crippen molar-refractivity contribution in [3.63, 3.8) is 0 Å². The van der Waals surface area contributed by atoms with E-state index in [9.17, 15) is 0 Å². The standard InChI is InChI=1S/C13H11N5/c1-9(16)10-4-2-3-5-12(10)18-8-17-11(6-14)13(18)7-15/h2-5,8-9H,16H2,1H3/t9-/m1/s1. The van der Waals surface area contributed by atoms with Gasteiger partial charge in [0.25, 0.3) is 0 Å². The van der Waals surface area contributed by atoms with E-state index in [2.05, 4.69) is 4.98 Å². The highest BCUT2D eigenvalue weighted by Gasteiger charge is 2.15. The molecule has 1 aromatic carbocycles. The number of imidazole rings is 1. The van der Waals surface area contributed by atoms with Crippen LogP contribution in [0.2, 0.25) is 0 Å². The molecule has 0 saturated heterocycles. The fourth-order valence-electron chi connectivity index (χ4n) is 1.81. The van der Waals surface area contributed by atoms with Crippen molar-refractivity contribution in [1.82, 2.24) is 9.55 Å². The van der Waals surface area contributed by atoms with Crippen molar-refractivity contribution >= 4 is 0 Å². The van der Waals surface area contributed by atoms with Crippen LogP contribution in [0.4, 0.5) is 0 Å². The van der Waals surface area contributed by atoms with Gasteiger partial charge in [-0.25, -0.2) is 4.98 Å². The van der Waals surface area contributed by atoms with Gasteiger partial charge in [-0.3, -0.25) is 4.57 Å². The molecule has 1 aromatic heterocycles. The number of nitriles is 2. The van der Waals surface area contributed by atoms with Crippen molar-refractivity contribution in [3.05, 3.63) is 47.5 Å². The molecule has 18 heavy (non-hydrogen) atoms. The Labute approximate surface area is 105 Å². The Kier molecular flexibility index (Phi) is 3.09. The van der Waals surface area contributed by atoms with Crippen LogP contribution in [0, 0.1) is 22.7 Å². The van der Waals surface area contributed by atoms with E-state index in [-0.39, 0.29) is 17.4 Å². The molecule has 1 heterocycles. The topological polar surface area (TPSA) is 91.4 Å². The number of hydrogen-bond acceptors (Lipinski definition) is 4. The summed E-state index contributed by atoms with van der Waals surface area (Å²) in [6, 6.07) is 11.2. The van der Waals surface area contributed by atoms with E-state index in [1.54, 1.807) is 4.57 Å². The van der Waals surface area contributed by atoms with Gasteiger partial charge in [-0.05, 0) is 18.6 Å². The Morgan fingerprint density at radius 2 is 2.00 bits per heavy atom. The minimum absolute atomic E-state index is 0.122. The molecule has 2 N–H and O–H groups in total. The smallest absolute Gasteiger partial charge is 0.177 e. The maximum atomic E-state index is 9.12. The second-order valence-electron chi connectivity index (χ2n) is 3.88. The Morgan fingerprint density at radius 3 is 2.61 bits per heavy atom. The quantitative estimate of drug-likeness (QED) is 0.859. The molecule has 5 nitrogen and oxygen atoms in total. The van der Waals surface area contributed by atoms with Crippen LogP contribution in [0.1, 0.15) is 29.9 Å². The predicted octanol–water partition coefficient (Wildman–Crippen LogP) is 1.64. The predicted molar refractivity (Wildman–Crippen MR) is 65.6 cm³/mol. The van der Waals surface area contributed by atoms with Gasteiger partial charge in [0.15, 0.2) is 11.4 Å². The van der Waals surface area contributed by atoms with Gasteiger partial charge in [-0.2, -0.15) is 10.5 Å². The molecule has 0 unspecified atom stereocenters. The van der Waals surface area contributed by atoms with Crippen molar-refractivity contribution in [3.8, 4) is 17.8 Å². The minimum atomic E-state index is -0.166. The normalized spacial score (nSPS) is 11.6. The molecule has 1 atom stereocenters. The summed E-state index contributed by atoms with van der Waals surface area (Å²) in [6.45, 7) is 1.87. The summed E-state index contributed by atoms with van der Waals surface area (Å²) in [4.78, 5) is 3.92. The van der Waals surface area contributed by atoms with Gasteiger partial charge in [0.2, 0.25) is 0 Å². The molecule has 0 amide bonds. The van der Waals surface area contributed by atoms with Crippen LogP contribution < -0.4 is 5.73 Å². The summed E-state index contributed by atoms with van der Waals surface area (Å²) in [5.41, 5.74) is 7.93. The first kappa shape index (κ1) is 11.8. The van der Waals surface area contributed by atoms with Gasteiger partial charge in [0.05, 0.1) is 5.69 Å². The van der Waals surface area contributed by atoms with Gasteiger partial charge in [-0.1, -0.05) is 18.2 Å². The Hall–Kier alpha value is -2.63. The van der Waals surface area contributed by atoms with Crippen LogP contribution in [-0.2, 0) is 0 Å². The third-order valence-corrected chi connectivity index (χ3v) is 2.67. The molecule has 5 heteroatoms. The maximum Gasteiger partial charge on any atom is 0.177 e.